The van der Waals surface area contributed by atoms with Crippen LogP contribution in [0.1, 0.15) is 54.5 Å². The Balaban J connectivity index is 2.46. The second-order valence-electron chi connectivity index (χ2n) is 4.03. The van der Waals surface area contributed by atoms with E-state index in [1.165, 1.54) is 0 Å². The van der Waals surface area contributed by atoms with Crippen LogP contribution >= 0.6 is 0 Å². The van der Waals surface area contributed by atoms with Gasteiger partial charge in [-0.2, -0.15) is 0 Å². The van der Waals surface area contributed by atoms with Gasteiger partial charge in [0.1, 0.15) is 11.5 Å². The largest absolute Gasteiger partial charge is 0.292 e. The van der Waals surface area contributed by atoms with Crippen LogP contribution in [0.15, 0.2) is 6.20 Å². The molecule has 0 N–H and O–H groups in total. The molecule has 74 valence electrons. The number of hydrogen-bond donors (Lipinski definition) is 0. The number of carbonyl (C=O) groups excluding carboxylic acids is 1. The van der Waals surface area contributed by atoms with Crippen molar-refractivity contribution >= 4 is 5.78 Å². The van der Waals surface area contributed by atoms with Gasteiger partial charge in [0.25, 0.3) is 0 Å². The molecule has 1 aliphatic rings. The first-order valence-corrected chi connectivity index (χ1v) is 5.07. The molecule has 1 heterocycles. The molecule has 3 heteroatoms. The normalized spacial score (nSPS) is 15.8. The molecule has 0 saturated carbocycles. The second kappa shape index (κ2) is 3.48. The van der Waals surface area contributed by atoms with Crippen LogP contribution in [-0.4, -0.2) is 15.8 Å². The van der Waals surface area contributed by atoms with Gasteiger partial charge in [0.15, 0.2) is 5.78 Å². The lowest BCUT2D eigenvalue weighted by Crippen LogP contribution is -2.15. The highest BCUT2D eigenvalue weighted by Gasteiger charge is 2.20. The molecule has 3 nitrogen and oxygen atoms in total. The molecule has 2 rings (SSSR count). The molecule has 1 aromatic rings. The number of carbonyl (C=O) groups is 1. The van der Waals surface area contributed by atoms with Crippen LogP contribution in [0.25, 0.3) is 0 Å². The van der Waals surface area contributed by atoms with Crippen LogP contribution in [-0.2, 0) is 6.42 Å². The second-order valence-corrected chi connectivity index (χ2v) is 4.03. The maximum absolute atomic E-state index is 11.6. The molecule has 0 fully saturated rings. The summed E-state index contributed by atoms with van der Waals surface area (Å²) >= 11 is 0. The molecule has 0 unspecified atom stereocenters. The summed E-state index contributed by atoms with van der Waals surface area (Å²) in [5.74, 6) is 1.24. The number of aromatic nitrogens is 2. The van der Waals surface area contributed by atoms with E-state index in [0.29, 0.717) is 12.1 Å². The van der Waals surface area contributed by atoms with Gasteiger partial charge in [-0.1, -0.05) is 13.8 Å². The van der Waals surface area contributed by atoms with E-state index >= 15 is 0 Å². The summed E-state index contributed by atoms with van der Waals surface area (Å²) < 4.78 is 0. The van der Waals surface area contributed by atoms with E-state index in [4.69, 9.17) is 0 Å². The molecule has 0 aromatic carbocycles. The molecule has 0 atom stereocenters. The number of rotatable bonds is 1. The fourth-order valence-electron chi connectivity index (χ4n) is 1.68. The summed E-state index contributed by atoms with van der Waals surface area (Å²) in [7, 11) is 0. The number of fused-ring (bicyclic) bond motifs is 1. The monoisotopic (exact) mass is 190 g/mol. The average Bonchev–Trinajstić information content (AvgIpc) is 2.18. The predicted molar refractivity (Wildman–Crippen MR) is 53.4 cm³/mol. The van der Waals surface area contributed by atoms with Crippen LogP contribution in [0, 0.1) is 0 Å². The topological polar surface area (TPSA) is 42.9 Å². The molecule has 1 aliphatic carbocycles. The van der Waals surface area contributed by atoms with E-state index in [9.17, 15) is 4.79 Å². The van der Waals surface area contributed by atoms with Crippen molar-refractivity contribution in [2.75, 3.05) is 0 Å². The van der Waals surface area contributed by atoms with E-state index in [-0.39, 0.29) is 11.7 Å². The van der Waals surface area contributed by atoms with Gasteiger partial charge < -0.3 is 0 Å². The molecule has 0 bridgehead atoms. The minimum Gasteiger partial charge on any atom is -0.292 e. The summed E-state index contributed by atoms with van der Waals surface area (Å²) in [6, 6.07) is 0. The van der Waals surface area contributed by atoms with Crippen LogP contribution in [0.5, 0.6) is 0 Å². The van der Waals surface area contributed by atoms with Crippen molar-refractivity contribution in [2.45, 2.75) is 39.0 Å². The van der Waals surface area contributed by atoms with Crippen LogP contribution < -0.4 is 0 Å². The lowest BCUT2D eigenvalue weighted by Gasteiger charge is -2.14. The van der Waals surface area contributed by atoms with Crippen LogP contribution in [0.2, 0.25) is 0 Å². The quantitative estimate of drug-likeness (QED) is 0.681. The van der Waals surface area contributed by atoms with E-state index in [0.717, 1.165) is 24.2 Å². The first-order valence-electron chi connectivity index (χ1n) is 5.07. The Hall–Kier alpha value is -1.25. The Morgan fingerprint density at radius 3 is 2.86 bits per heavy atom. The Bertz CT molecular complexity index is 372. The van der Waals surface area contributed by atoms with Gasteiger partial charge in [-0.15, -0.1) is 0 Å². The highest BCUT2D eigenvalue weighted by atomic mass is 16.1. The lowest BCUT2D eigenvalue weighted by molar-refractivity contribution is 0.0966. The van der Waals surface area contributed by atoms with Crippen molar-refractivity contribution in [3.63, 3.8) is 0 Å². The summed E-state index contributed by atoms with van der Waals surface area (Å²) in [5.41, 5.74) is 1.68. The number of hydrogen-bond acceptors (Lipinski definition) is 3. The van der Waals surface area contributed by atoms with E-state index in [1.807, 2.05) is 20.0 Å². The van der Waals surface area contributed by atoms with Gasteiger partial charge in [-0.3, -0.25) is 4.79 Å². The van der Waals surface area contributed by atoms with Gasteiger partial charge in [0, 0.05) is 18.5 Å². The zero-order chi connectivity index (χ0) is 10.1. The van der Waals surface area contributed by atoms with Crippen molar-refractivity contribution in [2.24, 2.45) is 0 Å². The fourth-order valence-corrected chi connectivity index (χ4v) is 1.68. The predicted octanol–water partition coefficient (Wildman–Crippen LogP) is 2.12. The molecular formula is C11H14N2O. The SMILES string of the molecule is CC(C)c1ncc2c(n1)C(=O)CCC2. The zero-order valence-electron chi connectivity index (χ0n) is 8.58. The molecule has 14 heavy (non-hydrogen) atoms. The number of aryl methyl sites for hydroxylation is 1. The first-order chi connectivity index (χ1) is 6.68. The van der Waals surface area contributed by atoms with Gasteiger partial charge in [0.2, 0.25) is 0 Å². The Kier molecular flexibility index (Phi) is 2.32. The van der Waals surface area contributed by atoms with Gasteiger partial charge >= 0.3 is 0 Å². The van der Waals surface area contributed by atoms with Crippen molar-refractivity contribution in [3.8, 4) is 0 Å². The van der Waals surface area contributed by atoms with Crippen molar-refractivity contribution in [3.05, 3.63) is 23.3 Å². The number of nitrogens with zero attached hydrogens (tertiary/aromatic N) is 2. The molecular weight excluding hydrogens is 176 g/mol. The third-order valence-electron chi connectivity index (χ3n) is 2.51. The minimum absolute atomic E-state index is 0.176. The zero-order valence-corrected chi connectivity index (χ0v) is 8.58. The number of Topliss-reactive ketones (excluding diaryl/α,β-unsaturated/α-hetero) is 1. The van der Waals surface area contributed by atoms with Crippen molar-refractivity contribution < 1.29 is 4.79 Å². The summed E-state index contributed by atoms with van der Waals surface area (Å²) in [6.07, 6.45) is 4.34. The van der Waals surface area contributed by atoms with Crippen molar-refractivity contribution in [1.82, 2.24) is 9.97 Å². The molecule has 0 spiro atoms. The minimum atomic E-state index is 0.176. The summed E-state index contributed by atoms with van der Waals surface area (Å²) in [5, 5.41) is 0. The van der Waals surface area contributed by atoms with E-state index < -0.39 is 0 Å². The first kappa shape index (κ1) is 9.31. The lowest BCUT2D eigenvalue weighted by atomic mass is 9.96. The molecule has 0 saturated heterocycles. The van der Waals surface area contributed by atoms with Gasteiger partial charge in [-0.25, -0.2) is 9.97 Å². The molecule has 0 amide bonds. The molecule has 0 aliphatic heterocycles. The van der Waals surface area contributed by atoms with Crippen LogP contribution in [0.3, 0.4) is 0 Å². The maximum Gasteiger partial charge on any atom is 0.181 e. The molecule has 1 aromatic heterocycles. The van der Waals surface area contributed by atoms with Crippen molar-refractivity contribution in [1.29, 1.82) is 0 Å². The number of ketones is 1. The van der Waals surface area contributed by atoms with Crippen LogP contribution in [0.4, 0.5) is 0 Å². The Morgan fingerprint density at radius 2 is 2.14 bits per heavy atom. The highest BCUT2D eigenvalue weighted by Crippen LogP contribution is 2.20. The highest BCUT2D eigenvalue weighted by molar-refractivity contribution is 5.96. The fraction of sp³-hybridized carbons (Fsp3) is 0.545. The smallest absolute Gasteiger partial charge is 0.181 e. The van der Waals surface area contributed by atoms with Gasteiger partial charge in [0.05, 0.1) is 0 Å². The standard InChI is InChI=1S/C11H14N2O/c1-7(2)11-12-6-8-4-3-5-9(14)10(8)13-11/h6-7H,3-5H2,1-2H3. The van der Waals surface area contributed by atoms with Gasteiger partial charge in [-0.05, 0) is 18.4 Å². The Labute approximate surface area is 83.6 Å². The van der Waals surface area contributed by atoms with E-state index in [1.54, 1.807) is 0 Å². The average molecular weight is 190 g/mol. The molecule has 0 radical (unpaired) electrons. The third kappa shape index (κ3) is 1.54. The third-order valence-corrected chi connectivity index (χ3v) is 2.51. The van der Waals surface area contributed by atoms with E-state index in [2.05, 4.69) is 9.97 Å². The summed E-state index contributed by atoms with van der Waals surface area (Å²) in [4.78, 5) is 20.2. The maximum atomic E-state index is 11.6. The summed E-state index contributed by atoms with van der Waals surface area (Å²) in [6.45, 7) is 4.07. The Morgan fingerprint density at radius 1 is 1.36 bits per heavy atom.